The molecule has 3 aromatic carbocycles. The summed E-state index contributed by atoms with van der Waals surface area (Å²) in [5.74, 6) is -0.162. The van der Waals surface area contributed by atoms with Crippen LogP contribution in [0.25, 0.3) is 5.69 Å². The quantitative estimate of drug-likeness (QED) is 0.375. The molecule has 196 valence electrons. The number of hydrogen-bond donors (Lipinski definition) is 1. The fourth-order valence-corrected chi connectivity index (χ4v) is 4.59. The number of ether oxygens (including phenoxy) is 1. The molecule has 4 aromatic rings. The van der Waals surface area contributed by atoms with E-state index in [0.29, 0.717) is 11.3 Å². The number of phenolic OH excluding ortho intramolecular Hbond substituents is 1. The van der Waals surface area contributed by atoms with E-state index in [4.69, 9.17) is 4.74 Å². The second-order valence-corrected chi connectivity index (χ2v) is 9.45. The maximum Gasteiger partial charge on any atom is 0.350 e. The minimum absolute atomic E-state index is 0.271. The van der Waals surface area contributed by atoms with E-state index in [0.717, 1.165) is 37.6 Å². The van der Waals surface area contributed by atoms with E-state index in [-0.39, 0.29) is 11.4 Å². The van der Waals surface area contributed by atoms with Crippen LogP contribution >= 0.6 is 0 Å². The van der Waals surface area contributed by atoms with Gasteiger partial charge < -0.3 is 19.6 Å². The van der Waals surface area contributed by atoms with Gasteiger partial charge in [0.05, 0.1) is 17.3 Å². The molecule has 5 rings (SSSR count). The molecule has 2 heterocycles. The summed E-state index contributed by atoms with van der Waals surface area (Å²) in [6.45, 7) is 7.06. The van der Waals surface area contributed by atoms with E-state index in [2.05, 4.69) is 14.9 Å². The van der Waals surface area contributed by atoms with Crippen molar-refractivity contribution < 1.29 is 14.6 Å². The average molecular weight is 514 g/mol. The first-order valence-corrected chi connectivity index (χ1v) is 12.7. The third-order valence-corrected chi connectivity index (χ3v) is 7.05. The summed E-state index contributed by atoms with van der Waals surface area (Å²) in [6, 6.07) is 23.5. The van der Waals surface area contributed by atoms with E-state index in [1.807, 2.05) is 49.4 Å². The van der Waals surface area contributed by atoms with Crippen LogP contribution in [0.15, 0.2) is 90.0 Å². The number of benzene rings is 3. The molecule has 1 N–H and O–H groups in total. The standard InChI is InChI=1S/C29H31N5O4/c1-21(22(2)38-28(36)23-6-4-3-5-7-23)34-29(37)33(20-30-34)26-10-8-24(9-11-26)31-16-18-32(19-17-31)25-12-14-27(35)15-13-25/h3-15,20-22,35H,16-19H2,1-2H3/t21-,22-/m1/s1. The summed E-state index contributed by atoms with van der Waals surface area (Å²) in [5.41, 5.74) is 3.08. The monoisotopic (exact) mass is 513 g/mol. The summed E-state index contributed by atoms with van der Waals surface area (Å²) in [4.78, 5) is 30.2. The van der Waals surface area contributed by atoms with Gasteiger partial charge in [-0.25, -0.2) is 18.8 Å². The highest BCUT2D eigenvalue weighted by atomic mass is 16.5. The minimum Gasteiger partial charge on any atom is -0.508 e. The predicted octanol–water partition coefficient (Wildman–Crippen LogP) is 3.87. The first-order valence-electron chi connectivity index (χ1n) is 12.7. The van der Waals surface area contributed by atoms with Gasteiger partial charge in [-0.2, -0.15) is 5.10 Å². The maximum absolute atomic E-state index is 13.1. The van der Waals surface area contributed by atoms with Crippen LogP contribution in [0.3, 0.4) is 0 Å². The normalized spacial score (nSPS) is 15.2. The van der Waals surface area contributed by atoms with E-state index >= 15 is 0 Å². The van der Waals surface area contributed by atoms with E-state index in [9.17, 15) is 14.7 Å². The fourth-order valence-electron chi connectivity index (χ4n) is 4.59. The Hall–Kier alpha value is -4.53. The van der Waals surface area contributed by atoms with Gasteiger partial charge >= 0.3 is 11.7 Å². The van der Waals surface area contributed by atoms with E-state index in [1.54, 1.807) is 43.3 Å². The van der Waals surface area contributed by atoms with E-state index in [1.165, 1.54) is 15.6 Å². The molecular formula is C29H31N5O4. The molecule has 1 saturated heterocycles. The van der Waals surface area contributed by atoms with Crippen molar-refractivity contribution in [3.8, 4) is 11.4 Å². The zero-order valence-electron chi connectivity index (χ0n) is 21.5. The molecule has 2 atom stereocenters. The number of carbonyl (C=O) groups excluding carboxylic acids is 1. The second-order valence-electron chi connectivity index (χ2n) is 9.45. The zero-order chi connectivity index (χ0) is 26.6. The van der Waals surface area contributed by atoms with Gasteiger partial charge in [0.2, 0.25) is 0 Å². The molecule has 1 aromatic heterocycles. The van der Waals surface area contributed by atoms with Gasteiger partial charge in [0, 0.05) is 37.6 Å². The van der Waals surface area contributed by atoms with Crippen molar-refractivity contribution in [1.82, 2.24) is 14.3 Å². The highest BCUT2D eigenvalue weighted by Gasteiger charge is 2.23. The Morgan fingerprint density at radius 3 is 1.92 bits per heavy atom. The Labute approximate surface area is 221 Å². The van der Waals surface area contributed by atoms with Crippen LogP contribution in [0.1, 0.15) is 30.2 Å². The summed E-state index contributed by atoms with van der Waals surface area (Å²) >= 11 is 0. The number of carbonyl (C=O) groups is 1. The molecule has 1 fully saturated rings. The number of aromatic hydroxyl groups is 1. The van der Waals surface area contributed by atoms with Crippen molar-refractivity contribution in [2.24, 2.45) is 0 Å². The number of phenols is 1. The average Bonchev–Trinajstić information content (AvgIpc) is 3.34. The van der Waals surface area contributed by atoms with E-state index < -0.39 is 18.1 Å². The molecule has 1 aliphatic rings. The Bertz CT molecular complexity index is 1420. The van der Waals surface area contributed by atoms with Crippen LogP contribution in [-0.4, -0.2) is 57.7 Å². The van der Waals surface area contributed by atoms with Gasteiger partial charge in [0.15, 0.2) is 0 Å². The Balaban J connectivity index is 1.22. The molecule has 0 unspecified atom stereocenters. The lowest BCUT2D eigenvalue weighted by atomic mass is 10.2. The Morgan fingerprint density at radius 2 is 1.34 bits per heavy atom. The van der Waals surface area contributed by atoms with Gasteiger partial charge in [-0.3, -0.25) is 0 Å². The topological polar surface area (TPSA) is 92.8 Å². The molecule has 9 nitrogen and oxygen atoms in total. The number of aromatic nitrogens is 3. The number of rotatable bonds is 7. The smallest absolute Gasteiger partial charge is 0.350 e. The third-order valence-electron chi connectivity index (χ3n) is 7.05. The van der Waals surface area contributed by atoms with Crippen molar-refractivity contribution in [1.29, 1.82) is 0 Å². The number of nitrogens with zero attached hydrogens (tertiary/aromatic N) is 5. The van der Waals surface area contributed by atoms with Crippen molar-refractivity contribution in [3.63, 3.8) is 0 Å². The maximum atomic E-state index is 13.1. The zero-order valence-corrected chi connectivity index (χ0v) is 21.5. The molecule has 0 spiro atoms. The van der Waals surface area contributed by atoms with Gasteiger partial charge in [-0.05, 0) is 74.5 Å². The number of esters is 1. The first kappa shape index (κ1) is 25.1. The molecule has 0 amide bonds. The molecular weight excluding hydrogens is 482 g/mol. The van der Waals surface area contributed by atoms with Crippen LogP contribution < -0.4 is 15.5 Å². The highest BCUT2D eigenvalue weighted by molar-refractivity contribution is 5.89. The molecule has 9 heteroatoms. The fraction of sp³-hybridized carbons (Fsp3) is 0.276. The second kappa shape index (κ2) is 10.8. The lowest BCUT2D eigenvalue weighted by Crippen LogP contribution is -2.46. The van der Waals surface area contributed by atoms with Gasteiger partial charge in [-0.15, -0.1) is 0 Å². The Morgan fingerprint density at radius 1 is 0.816 bits per heavy atom. The van der Waals surface area contributed by atoms with Gasteiger partial charge in [0.1, 0.15) is 18.2 Å². The molecule has 0 aliphatic carbocycles. The number of piperazine rings is 1. The SMILES string of the molecule is C[C@H]([C@@H](C)OC(=O)c1ccccc1)n1ncn(-c2ccc(N3CCN(c4ccc(O)cc4)CC3)cc2)c1=O. The third kappa shape index (κ3) is 5.27. The highest BCUT2D eigenvalue weighted by Crippen LogP contribution is 2.23. The lowest BCUT2D eigenvalue weighted by Gasteiger charge is -2.37. The van der Waals surface area contributed by atoms with Crippen LogP contribution in [0.5, 0.6) is 5.75 Å². The Kier molecular flexibility index (Phi) is 7.17. The molecule has 0 radical (unpaired) electrons. The van der Waals surface area contributed by atoms with Gasteiger partial charge in [0.25, 0.3) is 0 Å². The molecule has 0 bridgehead atoms. The van der Waals surface area contributed by atoms with Crippen molar-refractivity contribution in [2.45, 2.75) is 26.0 Å². The summed E-state index contributed by atoms with van der Waals surface area (Å²) < 4.78 is 8.42. The summed E-state index contributed by atoms with van der Waals surface area (Å²) in [7, 11) is 0. The van der Waals surface area contributed by atoms with Crippen molar-refractivity contribution in [3.05, 3.63) is 101 Å². The largest absolute Gasteiger partial charge is 0.508 e. The van der Waals surface area contributed by atoms with Crippen LogP contribution in [0.2, 0.25) is 0 Å². The molecule has 0 saturated carbocycles. The summed E-state index contributed by atoms with van der Waals surface area (Å²) in [6.07, 6.45) is 0.946. The predicted molar refractivity (Wildman–Crippen MR) is 146 cm³/mol. The summed E-state index contributed by atoms with van der Waals surface area (Å²) in [5, 5.41) is 13.8. The lowest BCUT2D eigenvalue weighted by molar-refractivity contribution is 0.0216. The number of anilines is 2. The first-order chi connectivity index (χ1) is 18.4. The minimum atomic E-state index is -0.550. The number of hydrogen-bond acceptors (Lipinski definition) is 7. The van der Waals surface area contributed by atoms with Crippen LogP contribution in [-0.2, 0) is 4.74 Å². The molecule has 1 aliphatic heterocycles. The van der Waals surface area contributed by atoms with Crippen LogP contribution in [0.4, 0.5) is 11.4 Å². The van der Waals surface area contributed by atoms with Crippen LogP contribution in [0, 0.1) is 0 Å². The van der Waals surface area contributed by atoms with Crippen molar-refractivity contribution >= 4 is 17.3 Å². The van der Waals surface area contributed by atoms with Crippen molar-refractivity contribution in [2.75, 3.05) is 36.0 Å². The molecule has 38 heavy (non-hydrogen) atoms. The van der Waals surface area contributed by atoms with Gasteiger partial charge in [-0.1, -0.05) is 18.2 Å².